The highest BCUT2D eigenvalue weighted by Crippen LogP contribution is 2.36. The molecule has 48 heavy (non-hydrogen) atoms. The van der Waals surface area contributed by atoms with Crippen LogP contribution >= 0.6 is 0 Å². The van der Waals surface area contributed by atoms with E-state index < -0.39 is 0 Å². The first-order valence-corrected chi connectivity index (χ1v) is 18.9. The lowest BCUT2D eigenvalue weighted by Gasteiger charge is -2.07. The van der Waals surface area contributed by atoms with Gasteiger partial charge in [0, 0.05) is 22.1 Å². The second-order valence-electron chi connectivity index (χ2n) is 13.8. The van der Waals surface area contributed by atoms with Crippen LogP contribution in [-0.2, 0) is 12.8 Å². The van der Waals surface area contributed by atoms with E-state index in [2.05, 4.69) is 100 Å². The number of nitrogens with one attached hydrogen (secondary N) is 4. The molecule has 5 heterocycles. The van der Waals surface area contributed by atoms with Crippen LogP contribution in [0.1, 0.15) is 138 Å². The Labute approximate surface area is 289 Å². The SMILES string of the molecule is CCCCNCCCC1=C(C)c2cc3[nH]c(cc4nc(cc5[nH]c(cc1n2)c(CCCNCCCC)c5C)C(C)=C4CC)c(C)c3CC. The maximum atomic E-state index is 5.38. The van der Waals surface area contributed by atoms with E-state index in [1.807, 2.05) is 0 Å². The maximum Gasteiger partial charge on any atom is 0.0693 e. The molecule has 3 aromatic heterocycles. The second-order valence-corrected chi connectivity index (χ2v) is 13.8. The first-order chi connectivity index (χ1) is 23.3. The van der Waals surface area contributed by atoms with Crippen LogP contribution in [0.3, 0.4) is 0 Å². The van der Waals surface area contributed by atoms with Crippen molar-refractivity contribution in [1.82, 2.24) is 30.6 Å². The molecule has 6 heteroatoms. The number of nitrogens with zero attached hydrogens (tertiary/aromatic N) is 2. The summed E-state index contributed by atoms with van der Waals surface area (Å²) in [6, 6.07) is 9.19. The third kappa shape index (κ3) is 7.87. The van der Waals surface area contributed by atoms with Crippen LogP contribution in [0.4, 0.5) is 0 Å². The molecule has 0 fully saturated rings. The summed E-state index contributed by atoms with van der Waals surface area (Å²) in [5.41, 5.74) is 19.6. The smallest absolute Gasteiger partial charge is 0.0693 e. The number of allylic oxidation sites excluding steroid dienone is 4. The molecule has 0 unspecified atom stereocenters. The fourth-order valence-corrected chi connectivity index (χ4v) is 7.39. The molecule has 0 atom stereocenters. The highest BCUT2D eigenvalue weighted by molar-refractivity contribution is 5.94. The lowest BCUT2D eigenvalue weighted by molar-refractivity contribution is 0.617. The van der Waals surface area contributed by atoms with Crippen LogP contribution in [0.5, 0.6) is 0 Å². The molecular formula is C42H60N6. The lowest BCUT2D eigenvalue weighted by Crippen LogP contribution is -2.17. The molecule has 0 radical (unpaired) electrons. The summed E-state index contributed by atoms with van der Waals surface area (Å²) in [7, 11) is 0. The van der Waals surface area contributed by atoms with E-state index in [0.717, 1.165) is 104 Å². The predicted molar refractivity (Wildman–Crippen MR) is 208 cm³/mol. The molecule has 2 aliphatic rings. The molecule has 2 aliphatic heterocycles. The molecule has 0 amide bonds. The quantitative estimate of drug-likeness (QED) is 0.117. The van der Waals surface area contributed by atoms with Crippen LogP contribution in [0, 0.1) is 13.8 Å². The Balaban J connectivity index is 1.72. The van der Waals surface area contributed by atoms with Crippen LogP contribution in [0.15, 0.2) is 24.3 Å². The number of H-pyrrole nitrogens is 2. The first kappa shape index (κ1) is 35.8. The minimum Gasteiger partial charge on any atom is -0.355 e. The van der Waals surface area contributed by atoms with Gasteiger partial charge < -0.3 is 20.6 Å². The van der Waals surface area contributed by atoms with Crippen LogP contribution in [0.25, 0.3) is 44.4 Å². The maximum absolute atomic E-state index is 5.38. The van der Waals surface area contributed by atoms with Gasteiger partial charge in [0.2, 0.25) is 0 Å². The van der Waals surface area contributed by atoms with E-state index in [9.17, 15) is 0 Å². The molecular weight excluding hydrogens is 589 g/mol. The third-order valence-corrected chi connectivity index (χ3v) is 10.5. The van der Waals surface area contributed by atoms with Gasteiger partial charge in [-0.3, -0.25) is 0 Å². The third-order valence-electron chi connectivity index (χ3n) is 10.5. The summed E-state index contributed by atoms with van der Waals surface area (Å²) >= 11 is 0. The van der Waals surface area contributed by atoms with E-state index in [-0.39, 0.29) is 0 Å². The zero-order valence-corrected chi connectivity index (χ0v) is 31.1. The summed E-state index contributed by atoms with van der Waals surface area (Å²) < 4.78 is 0. The highest BCUT2D eigenvalue weighted by Gasteiger charge is 2.20. The number of hydrogen-bond donors (Lipinski definition) is 4. The van der Waals surface area contributed by atoms with Gasteiger partial charge in [0.1, 0.15) is 0 Å². The van der Waals surface area contributed by atoms with Crippen LogP contribution < -0.4 is 10.6 Å². The van der Waals surface area contributed by atoms with Gasteiger partial charge >= 0.3 is 0 Å². The molecule has 3 aromatic rings. The average Bonchev–Trinajstić information content (AvgIpc) is 3.73. The molecule has 0 saturated carbocycles. The number of aromatic amines is 2. The van der Waals surface area contributed by atoms with Gasteiger partial charge in [0.15, 0.2) is 0 Å². The fourth-order valence-electron chi connectivity index (χ4n) is 7.39. The highest BCUT2D eigenvalue weighted by atomic mass is 14.8. The monoisotopic (exact) mass is 648 g/mol. The van der Waals surface area contributed by atoms with E-state index in [0.29, 0.717) is 0 Å². The van der Waals surface area contributed by atoms with Crippen LogP contribution in [-0.4, -0.2) is 46.1 Å². The summed E-state index contributed by atoms with van der Waals surface area (Å²) in [5, 5.41) is 7.30. The van der Waals surface area contributed by atoms with Gasteiger partial charge in [-0.15, -0.1) is 0 Å². The number of hydrogen-bond acceptors (Lipinski definition) is 4. The van der Waals surface area contributed by atoms with E-state index in [1.54, 1.807) is 0 Å². The van der Waals surface area contributed by atoms with E-state index in [4.69, 9.17) is 9.97 Å². The zero-order chi connectivity index (χ0) is 34.2. The van der Waals surface area contributed by atoms with Gasteiger partial charge in [-0.2, -0.15) is 0 Å². The molecule has 6 nitrogen and oxygen atoms in total. The molecule has 4 N–H and O–H groups in total. The molecule has 0 saturated heterocycles. The van der Waals surface area contributed by atoms with Gasteiger partial charge in [-0.1, -0.05) is 40.5 Å². The standard InChI is InChI=1S/C42H60N6/c1-9-13-19-43-21-15-17-33-29(7)36-23-35-27(5)31(11-3)39(45-35)24-37-28(6)32(12-4)40(46-37)25-38-30(8)34(18-16-22-44-20-14-10-2)42(48-38)26-41(33)47-36/h23-26,43-44,46-47H,9-22H2,1-8H3. The van der Waals surface area contributed by atoms with Crippen molar-refractivity contribution in [2.45, 2.75) is 120 Å². The topological polar surface area (TPSA) is 81.4 Å². The van der Waals surface area contributed by atoms with Crippen molar-refractivity contribution in [3.05, 3.63) is 69.3 Å². The van der Waals surface area contributed by atoms with Crippen molar-refractivity contribution in [3.8, 4) is 0 Å². The number of unbranched alkanes of at least 4 members (excludes halogenated alkanes) is 2. The van der Waals surface area contributed by atoms with Crippen molar-refractivity contribution in [2.24, 2.45) is 0 Å². The van der Waals surface area contributed by atoms with Gasteiger partial charge in [-0.05, 0) is 174 Å². The molecule has 8 bridgehead atoms. The molecule has 0 aromatic carbocycles. The summed E-state index contributed by atoms with van der Waals surface area (Å²) in [6.45, 7) is 22.3. The predicted octanol–water partition coefficient (Wildman–Crippen LogP) is 10.3. The lowest BCUT2D eigenvalue weighted by atomic mass is 10.00. The van der Waals surface area contributed by atoms with Gasteiger partial charge in [-0.25, -0.2) is 9.97 Å². The first-order valence-electron chi connectivity index (χ1n) is 18.9. The number of aryl methyl sites for hydroxylation is 4. The fraction of sp³-hybridized carbons (Fsp3) is 0.524. The van der Waals surface area contributed by atoms with Crippen molar-refractivity contribution in [1.29, 1.82) is 0 Å². The Bertz CT molecular complexity index is 1810. The van der Waals surface area contributed by atoms with E-state index in [1.165, 1.54) is 75.7 Å². The summed E-state index contributed by atoms with van der Waals surface area (Å²) in [5.74, 6) is 0. The van der Waals surface area contributed by atoms with Gasteiger partial charge in [0.05, 0.1) is 22.8 Å². The Morgan fingerprint density at radius 2 is 0.958 bits per heavy atom. The Hall–Kier alpha value is -3.48. The Morgan fingerprint density at radius 3 is 1.54 bits per heavy atom. The number of fused-ring (bicyclic) bond motifs is 8. The second kappa shape index (κ2) is 16.8. The van der Waals surface area contributed by atoms with E-state index >= 15 is 0 Å². The average molecular weight is 649 g/mol. The van der Waals surface area contributed by atoms with Crippen molar-refractivity contribution in [3.63, 3.8) is 0 Å². The molecule has 0 spiro atoms. The van der Waals surface area contributed by atoms with Crippen molar-refractivity contribution >= 4 is 44.4 Å². The van der Waals surface area contributed by atoms with Crippen molar-refractivity contribution < 1.29 is 0 Å². The summed E-state index contributed by atoms with van der Waals surface area (Å²) in [6.07, 6.45) is 11.1. The number of aromatic nitrogens is 4. The Kier molecular flexibility index (Phi) is 12.5. The van der Waals surface area contributed by atoms with Crippen molar-refractivity contribution in [2.75, 3.05) is 26.2 Å². The molecule has 0 aliphatic carbocycles. The Morgan fingerprint density at radius 1 is 0.500 bits per heavy atom. The minimum atomic E-state index is 0.951. The normalized spacial score (nSPS) is 13.3. The molecule has 258 valence electrons. The summed E-state index contributed by atoms with van der Waals surface area (Å²) in [4.78, 5) is 18.3. The van der Waals surface area contributed by atoms with Gasteiger partial charge in [0.25, 0.3) is 0 Å². The largest absolute Gasteiger partial charge is 0.355 e. The van der Waals surface area contributed by atoms with Crippen LogP contribution in [0.2, 0.25) is 0 Å². The minimum absolute atomic E-state index is 0.951. The molecule has 5 rings (SSSR count). The zero-order valence-electron chi connectivity index (χ0n) is 31.1. The number of rotatable bonds is 16.